The van der Waals surface area contributed by atoms with Crippen LogP contribution in [-0.2, 0) is 4.79 Å². The molecule has 1 unspecified atom stereocenters. The highest BCUT2D eigenvalue weighted by molar-refractivity contribution is 5.82. The van der Waals surface area contributed by atoms with Crippen molar-refractivity contribution in [3.63, 3.8) is 0 Å². The van der Waals surface area contributed by atoms with E-state index in [0.717, 1.165) is 26.1 Å². The van der Waals surface area contributed by atoms with Gasteiger partial charge in [-0.3, -0.25) is 4.79 Å². The van der Waals surface area contributed by atoms with Crippen LogP contribution in [0.25, 0.3) is 0 Å². The zero-order valence-electron chi connectivity index (χ0n) is 8.08. The van der Waals surface area contributed by atoms with Crippen LogP contribution in [0.4, 0.5) is 4.39 Å². The van der Waals surface area contributed by atoms with Crippen molar-refractivity contribution in [2.24, 2.45) is 11.8 Å². The van der Waals surface area contributed by atoms with Gasteiger partial charge in [-0.25, -0.2) is 4.39 Å². The van der Waals surface area contributed by atoms with Crippen molar-refractivity contribution in [1.29, 1.82) is 0 Å². The lowest BCUT2D eigenvalue weighted by molar-refractivity contribution is -0.133. The summed E-state index contributed by atoms with van der Waals surface area (Å²) in [7, 11) is 0. The molecule has 0 aromatic heterocycles. The number of fused-ring (bicyclic) bond motifs is 2. The molecule has 14 heavy (non-hydrogen) atoms. The number of carbonyl (C=O) groups excluding carboxylic acids is 1. The third-order valence-electron chi connectivity index (χ3n) is 3.63. The molecule has 0 radical (unpaired) electrons. The van der Waals surface area contributed by atoms with E-state index in [9.17, 15) is 9.18 Å². The predicted octanol–water partition coefficient (Wildman–Crippen LogP) is 0.165. The van der Waals surface area contributed by atoms with Gasteiger partial charge in [0, 0.05) is 19.1 Å². The van der Waals surface area contributed by atoms with Gasteiger partial charge in [0.15, 0.2) is 0 Å². The number of alkyl halides is 1. The third-order valence-corrected chi connectivity index (χ3v) is 3.63. The van der Waals surface area contributed by atoms with E-state index in [2.05, 4.69) is 5.32 Å². The lowest BCUT2D eigenvalue weighted by atomic mass is 10.0. The molecule has 2 saturated heterocycles. The van der Waals surface area contributed by atoms with Gasteiger partial charge >= 0.3 is 0 Å². The van der Waals surface area contributed by atoms with Crippen LogP contribution in [0.15, 0.2) is 0 Å². The Hall–Kier alpha value is -0.640. The average molecular weight is 198 g/mol. The van der Waals surface area contributed by atoms with Gasteiger partial charge < -0.3 is 10.2 Å². The number of carbonyl (C=O) groups is 1. The minimum absolute atomic E-state index is 0.0636. The highest BCUT2D eigenvalue weighted by Crippen LogP contribution is 2.38. The van der Waals surface area contributed by atoms with Crippen molar-refractivity contribution < 1.29 is 9.18 Å². The first-order valence-electron chi connectivity index (χ1n) is 5.41. The van der Waals surface area contributed by atoms with Crippen molar-refractivity contribution in [2.45, 2.75) is 25.1 Å². The van der Waals surface area contributed by atoms with E-state index in [4.69, 9.17) is 0 Å². The number of rotatable bonds is 1. The number of nitrogens with zero attached hydrogens (tertiary/aromatic N) is 1. The van der Waals surface area contributed by atoms with Crippen LogP contribution < -0.4 is 5.32 Å². The molecule has 3 fully saturated rings. The smallest absolute Gasteiger partial charge is 0.229 e. The molecule has 0 aromatic carbocycles. The van der Waals surface area contributed by atoms with Crippen LogP contribution in [0.1, 0.15) is 12.8 Å². The Bertz CT molecular complexity index is 271. The summed E-state index contributed by atoms with van der Waals surface area (Å²) >= 11 is 0. The Balaban J connectivity index is 1.70. The van der Waals surface area contributed by atoms with Gasteiger partial charge in [-0.15, -0.1) is 0 Å². The van der Waals surface area contributed by atoms with Gasteiger partial charge in [-0.2, -0.15) is 0 Å². The van der Waals surface area contributed by atoms with E-state index in [1.54, 1.807) is 0 Å². The summed E-state index contributed by atoms with van der Waals surface area (Å²) in [5, 5.41) is 3.31. The molecule has 3 rings (SSSR count). The number of piperidine rings is 1. The molecule has 1 aliphatic carbocycles. The van der Waals surface area contributed by atoms with E-state index in [0.29, 0.717) is 18.4 Å². The van der Waals surface area contributed by atoms with E-state index in [1.165, 1.54) is 0 Å². The van der Waals surface area contributed by atoms with Crippen molar-refractivity contribution in [1.82, 2.24) is 10.2 Å². The SMILES string of the molecule is O=C([C@@H]1C[C@@H]1F)N1C[C@@H]2CNCC1C2. The van der Waals surface area contributed by atoms with Gasteiger partial charge in [-0.05, 0) is 25.3 Å². The molecule has 3 nitrogen and oxygen atoms in total. The quantitative estimate of drug-likeness (QED) is 0.651. The summed E-state index contributed by atoms with van der Waals surface area (Å²) < 4.78 is 12.8. The molecular formula is C10H15FN2O. The van der Waals surface area contributed by atoms with Crippen LogP contribution >= 0.6 is 0 Å². The Labute approximate surface area is 82.6 Å². The first-order chi connectivity index (χ1) is 6.75. The second-order valence-corrected chi connectivity index (χ2v) is 4.76. The summed E-state index contributed by atoms with van der Waals surface area (Å²) in [5.74, 6) is 0.373. The molecule has 2 heterocycles. The molecule has 4 heteroatoms. The van der Waals surface area contributed by atoms with Gasteiger partial charge in [0.1, 0.15) is 6.17 Å². The van der Waals surface area contributed by atoms with Crippen molar-refractivity contribution in [2.75, 3.05) is 19.6 Å². The maximum atomic E-state index is 12.8. The number of amides is 1. The Kier molecular flexibility index (Phi) is 1.81. The molecule has 1 N–H and O–H groups in total. The second kappa shape index (κ2) is 2.92. The minimum Gasteiger partial charge on any atom is -0.338 e. The standard InChI is InChI=1S/C10H15FN2O/c11-9-2-8(9)10(14)13-5-6-1-7(13)4-12-3-6/h6-9,12H,1-5H2/t6-,7?,8+,9-/m0/s1. The minimum atomic E-state index is -0.851. The van der Waals surface area contributed by atoms with E-state index in [1.807, 2.05) is 4.90 Å². The Morgan fingerprint density at radius 3 is 2.79 bits per heavy atom. The zero-order chi connectivity index (χ0) is 9.71. The van der Waals surface area contributed by atoms with Crippen LogP contribution in [0.3, 0.4) is 0 Å². The molecule has 78 valence electrons. The van der Waals surface area contributed by atoms with Crippen molar-refractivity contribution in [3.8, 4) is 0 Å². The van der Waals surface area contributed by atoms with E-state index in [-0.39, 0.29) is 11.8 Å². The molecule has 3 aliphatic rings. The monoisotopic (exact) mass is 198 g/mol. The first kappa shape index (κ1) is 8.65. The summed E-state index contributed by atoms with van der Waals surface area (Å²) in [5.41, 5.74) is 0. The normalized spacial score (nSPS) is 45.4. The second-order valence-electron chi connectivity index (χ2n) is 4.76. The van der Waals surface area contributed by atoms with E-state index < -0.39 is 6.17 Å². The largest absolute Gasteiger partial charge is 0.338 e. The molecule has 1 amide bonds. The molecule has 2 aliphatic heterocycles. The predicted molar refractivity (Wildman–Crippen MR) is 49.5 cm³/mol. The Morgan fingerprint density at radius 1 is 1.36 bits per heavy atom. The topological polar surface area (TPSA) is 32.3 Å². The Morgan fingerprint density at radius 2 is 2.14 bits per heavy atom. The van der Waals surface area contributed by atoms with Gasteiger partial charge in [0.05, 0.1) is 5.92 Å². The fourth-order valence-electron chi connectivity index (χ4n) is 2.71. The van der Waals surface area contributed by atoms with Gasteiger partial charge in [0.25, 0.3) is 0 Å². The van der Waals surface area contributed by atoms with Crippen LogP contribution in [-0.4, -0.2) is 42.7 Å². The number of hydrogen-bond donors (Lipinski definition) is 1. The third kappa shape index (κ3) is 1.24. The fourth-order valence-corrected chi connectivity index (χ4v) is 2.71. The summed E-state index contributed by atoms with van der Waals surface area (Å²) in [4.78, 5) is 13.7. The molecule has 0 aromatic rings. The van der Waals surface area contributed by atoms with Gasteiger partial charge in [-0.1, -0.05) is 0 Å². The van der Waals surface area contributed by atoms with Crippen molar-refractivity contribution >= 4 is 5.91 Å². The fraction of sp³-hybridized carbons (Fsp3) is 0.900. The summed E-state index contributed by atoms with van der Waals surface area (Å²) in [6.45, 7) is 2.76. The average Bonchev–Trinajstić information content (AvgIpc) is 2.84. The number of nitrogens with one attached hydrogen (secondary N) is 1. The highest BCUT2D eigenvalue weighted by atomic mass is 19.1. The van der Waals surface area contributed by atoms with Crippen LogP contribution in [0.5, 0.6) is 0 Å². The molecule has 2 bridgehead atoms. The maximum absolute atomic E-state index is 12.8. The lowest BCUT2D eigenvalue weighted by Gasteiger charge is -2.24. The first-order valence-corrected chi connectivity index (χ1v) is 5.41. The van der Waals surface area contributed by atoms with Crippen molar-refractivity contribution in [3.05, 3.63) is 0 Å². The maximum Gasteiger partial charge on any atom is 0.229 e. The van der Waals surface area contributed by atoms with Gasteiger partial charge in [0.2, 0.25) is 5.91 Å². The molecule has 1 saturated carbocycles. The molecular weight excluding hydrogens is 183 g/mol. The summed E-state index contributed by atoms with van der Waals surface area (Å²) in [6.07, 6.45) is 0.721. The highest BCUT2D eigenvalue weighted by Gasteiger charge is 2.49. The van der Waals surface area contributed by atoms with Crippen LogP contribution in [0, 0.1) is 11.8 Å². The van der Waals surface area contributed by atoms with Crippen LogP contribution in [0.2, 0.25) is 0 Å². The zero-order valence-corrected chi connectivity index (χ0v) is 8.08. The molecule has 0 spiro atoms. The van der Waals surface area contributed by atoms with E-state index >= 15 is 0 Å². The number of likely N-dealkylation sites (tertiary alicyclic amines) is 1. The summed E-state index contributed by atoms with van der Waals surface area (Å²) in [6, 6.07) is 0.342. The number of halogens is 1. The molecule has 4 atom stereocenters. The lowest BCUT2D eigenvalue weighted by Crippen LogP contribution is -2.42. The number of hydrogen-bond acceptors (Lipinski definition) is 2.